The van der Waals surface area contributed by atoms with E-state index in [-0.39, 0.29) is 0 Å². The van der Waals surface area contributed by atoms with Crippen molar-refractivity contribution in [1.82, 2.24) is 0 Å². The highest BCUT2D eigenvalue weighted by molar-refractivity contribution is 6.13. The van der Waals surface area contributed by atoms with Crippen molar-refractivity contribution in [2.45, 2.75) is 0 Å². The molecule has 0 spiro atoms. The van der Waals surface area contributed by atoms with Gasteiger partial charge in [-0.15, -0.1) is 0 Å². The van der Waals surface area contributed by atoms with Gasteiger partial charge >= 0.3 is 0 Å². The molecule has 0 aliphatic carbocycles. The molecule has 0 fully saturated rings. The molecule has 0 amide bonds. The molecular formula is C60H39NO. The molecule has 290 valence electrons. The zero-order chi connectivity index (χ0) is 41.0. The maximum Gasteiger partial charge on any atom is 0.136 e. The summed E-state index contributed by atoms with van der Waals surface area (Å²) in [5, 5.41) is 9.77. The molecule has 0 atom stereocenters. The Kier molecular flexibility index (Phi) is 8.53. The Morgan fingerprint density at radius 2 is 0.758 bits per heavy atom. The van der Waals surface area contributed by atoms with E-state index in [1.807, 2.05) is 12.1 Å². The van der Waals surface area contributed by atoms with Crippen molar-refractivity contribution >= 4 is 71.3 Å². The first-order valence-corrected chi connectivity index (χ1v) is 21.2. The third-order valence-corrected chi connectivity index (χ3v) is 12.5. The molecule has 0 N–H and O–H groups in total. The van der Waals surface area contributed by atoms with Gasteiger partial charge in [0.25, 0.3) is 0 Å². The third-order valence-electron chi connectivity index (χ3n) is 12.5. The van der Waals surface area contributed by atoms with E-state index < -0.39 is 0 Å². The van der Waals surface area contributed by atoms with Gasteiger partial charge in [0.15, 0.2) is 0 Å². The zero-order valence-corrected chi connectivity index (χ0v) is 33.9. The summed E-state index contributed by atoms with van der Waals surface area (Å²) in [6, 6.07) is 85.6. The Labute approximate surface area is 360 Å². The van der Waals surface area contributed by atoms with Crippen molar-refractivity contribution < 1.29 is 4.42 Å². The number of rotatable bonds is 7. The van der Waals surface area contributed by atoms with Crippen LogP contribution in [0.5, 0.6) is 0 Å². The summed E-state index contributed by atoms with van der Waals surface area (Å²) in [4.78, 5) is 2.44. The maximum atomic E-state index is 6.29. The lowest BCUT2D eigenvalue weighted by Gasteiger charge is -2.30. The fraction of sp³-hybridized carbons (Fsp3) is 0. The van der Waals surface area contributed by atoms with E-state index in [1.165, 1.54) is 49.0 Å². The molecule has 11 aromatic carbocycles. The van der Waals surface area contributed by atoms with Crippen molar-refractivity contribution in [3.8, 4) is 44.5 Å². The highest BCUT2D eigenvalue weighted by Gasteiger charge is 2.22. The molecule has 0 bridgehead atoms. The van der Waals surface area contributed by atoms with Crippen LogP contribution in [-0.2, 0) is 0 Å². The van der Waals surface area contributed by atoms with E-state index in [9.17, 15) is 0 Å². The van der Waals surface area contributed by atoms with E-state index in [0.717, 1.165) is 66.8 Å². The zero-order valence-electron chi connectivity index (χ0n) is 33.9. The normalized spacial score (nSPS) is 11.5. The molecule has 0 radical (unpaired) electrons. The van der Waals surface area contributed by atoms with Crippen LogP contribution in [0.2, 0.25) is 0 Å². The van der Waals surface area contributed by atoms with Crippen LogP contribution in [-0.4, -0.2) is 0 Å². The summed E-state index contributed by atoms with van der Waals surface area (Å²) in [6.45, 7) is 0. The lowest BCUT2D eigenvalue weighted by Crippen LogP contribution is -2.12. The summed E-state index contributed by atoms with van der Waals surface area (Å²) in [6.07, 6.45) is 0. The molecule has 1 aromatic heterocycles. The number of anilines is 3. The summed E-state index contributed by atoms with van der Waals surface area (Å²) in [5.41, 5.74) is 14.4. The highest BCUT2D eigenvalue weighted by Crippen LogP contribution is 2.47. The summed E-state index contributed by atoms with van der Waals surface area (Å²) >= 11 is 0. The van der Waals surface area contributed by atoms with Crippen LogP contribution < -0.4 is 4.90 Å². The molecule has 0 saturated heterocycles. The largest absolute Gasteiger partial charge is 0.456 e. The predicted molar refractivity (Wildman–Crippen MR) is 263 cm³/mol. The van der Waals surface area contributed by atoms with Crippen LogP contribution in [0.15, 0.2) is 241 Å². The van der Waals surface area contributed by atoms with Crippen LogP contribution >= 0.6 is 0 Å². The van der Waals surface area contributed by atoms with Crippen molar-refractivity contribution in [3.63, 3.8) is 0 Å². The van der Waals surface area contributed by atoms with Gasteiger partial charge in [-0.1, -0.05) is 194 Å². The lowest BCUT2D eigenvalue weighted by atomic mass is 9.94. The number of hydrogen-bond donors (Lipinski definition) is 0. The molecule has 12 aromatic rings. The third kappa shape index (κ3) is 6.04. The van der Waals surface area contributed by atoms with Gasteiger partial charge in [-0.25, -0.2) is 0 Å². The van der Waals surface area contributed by atoms with Gasteiger partial charge in [0, 0.05) is 27.6 Å². The molecule has 0 aliphatic heterocycles. The van der Waals surface area contributed by atoms with Crippen molar-refractivity contribution in [2.75, 3.05) is 4.90 Å². The van der Waals surface area contributed by atoms with Gasteiger partial charge < -0.3 is 9.32 Å². The Balaban J connectivity index is 1.00. The predicted octanol–water partition coefficient (Wildman–Crippen LogP) is 17.2. The van der Waals surface area contributed by atoms with E-state index in [1.54, 1.807) is 0 Å². The molecule has 2 heteroatoms. The number of nitrogens with zero attached hydrogens (tertiary/aromatic N) is 1. The average Bonchev–Trinajstić information content (AvgIpc) is 3.74. The van der Waals surface area contributed by atoms with Gasteiger partial charge in [-0.3, -0.25) is 0 Å². The van der Waals surface area contributed by atoms with Gasteiger partial charge in [0.05, 0.1) is 11.4 Å². The Bertz CT molecular complexity index is 3630. The average molecular weight is 790 g/mol. The standard InChI is InChI=1S/C60H39NO/c1-3-16-48-41(13-1)15-11-22-52(48)53-19-6-9-24-57(53)61(47-37-35-44(36-38-47)51-21-12-26-59-60(51)54-20-7-10-25-58(54)62-59)56-23-8-5-18-50(56)43-29-27-40(28-30-43)46-34-33-45-32-31-42-14-2-4-17-49(42)55(45)39-46/h1-39H. The van der Waals surface area contributed by atoms with Crippen LogP contribution in [0.3, 0.4) is 0 Å². The number of fused-ring (bicyclic) bond motifs is 7. The second-order valence-electron chi connectivity index (χ2n) is 16.0. The van der Waals surface area contributed by atoms with Crippen LogP contribution in [0, 0.1) is 0 Å². The first-order chi connectivity index (χ1) is 30.7. The topological polar surface area (TPSA) is 16.4 Å². The molecule has 0 unspecified atom stereocenters. The Hall–Kier alpha value is -8.20. The van der Waals surface area contributed by atoms with Crippen LogP contribution in [0.4, 0.5) is 17.1 Å². The molecule has 1 heterocycles. The van der Waals surface area contributed by atoms with Crippen LogP contribution in [0.1, 0.15) is 0 Å². The Morgan fingerprint density at radius 1 is 0.274 bits per heavy atom. The second-order valence-corrected chi connectivity index (χ2v) is 16.0. The van der Waals surface area contributed by atoms with Gasteiger partial charge in [0.2, 0.25) is 0 Å². The quantitative estimate of drug-likeness (QED) is 0.150. The molecule has 0 saturated carbocycles. The van der Waals surface area contributed by atoms with E-state index in [0.29, 0.717) is 0 Å². The number of benzene rings is 11. The minimum Gasteiger partial charge on any atom is -0.456 e. The van der Waals surface area contributed by atoms with Crippen molar-refractivity contribution in [1.29, 1.82) is 0 Å². The molecule has 12 rings (SSSR count). The maximum absolute atomic E-state index is 6.29. The minimum absolute atomic E-state index is 0.896. The second kappa shape index (κ2) is 14.8. The van der Waals surface area contributed by atoms with Crippen LogP contribution in [0.25, 0.3) is 98.8 Å². The first kappa shape index (κ1) is 35.7. The summed E-state index contributed by atoms with van der Waals surface area (Å²) in [7, 11) is 0. The number of furan rings is 1. The number of para-hydroxylation sites is 3. The first-order valence-electron chi connectivity index (χ1n) is 21.2. The van der Waals surface area contributed by atoms with Gasteiger partial charge in [-0.2, -0.15) is 0 Å². The fourth-order valence-corrected chi connectivity index (χ4v) is 9.51. The minimum atomic E-state index is 0.896. The fourth-order valence-electron chi connectivity index (χ4n) is 9.51. The smallest absolute Gasteiger partial charge is 0.136 e. The highest BCUT2D eigenvalue weighted by atomic mass is 16.3. The molecule has 62 heavy (non-hydrogen) atoms. The van der Waals surface area contributed by atoms with Crippen molar-refractivity contribution in [3.05, 3.63) is 237 Å². The number of hydrogen-bond acceptors (Lipinski definition) is 2. The SMILES string of the molecule is c1ccc(N(c2ccc(-c3cccc4oc5ccccc5c34)cc2)c2ccccc2-c2cccc3ccccc23)c(-c2ccc(-c3ccc4ccc5ccccc5c4c3)cc2)c1. The van der Waals surface area contributed by atoms with Gasteiger partial charge in [-0.05, 0) is 108 Å². The van der Waals surface area contributed by atoms with Crippen molar-refractivity contribution in [2.24, 2.45) is 0 Å². The molecule has 2 nitrogen and oxygen atoms in total. The summed E-state index contributed by atoms with van der Waals surface area (Å²) < 4.78 is 6.29. The van der Waals surface area contributed by atoms with E-state index >= 15 is 0 Å². The van der Waals surface area contributed by atoms with E-state index in [2.05, 4.69) is 229 Å². The molecular weight excluding hydrogens is 751 g/mol. The monoisotopic (exact) mass is 789 g/mol. The molecule has 0 aliphatic rings. The Morgan fingerprint density at radius 3 is 1.56 bits per heavy atom. The van der Waals surface area contributed by atoms with E-state index in [4.69, 9.17) is 4.42 Å². The lowest BCUT2D eigenvalue weighted by molar-refractivity contribution is 0.669. The van der Waals surface area contributed by atoms with Gasteiger partial charge in [0.1, 0.15) is 11.2 Å². The summed E-state index contributed by atoms with van der Waals surface area (Å²) in [5.74, 6) is 0.